The van der Waals surface area contributed by atoms with E-state index >= 15 is 0 Å². The summed E-state index contributed by atoms with van der Waals surface area (Å²) in [7, 11) is 0. The van der Waals surface area contributed by atoms with Gasteiger partial charge in [-0.05, 0) is 32.0 Å². The maximum absolute atomic E-state index is 12.3. The zero-order valence-corrected chi connectivity index (χ0v) is 12.5. The average Bonchev–Trinajstić information content (AvgIpc) is 2.87. The van der Waals surface area contributed by atoms with E-state index in [9.17, 15) is 14.4 Å². The van der Waals surface area contributed by atoms with Crippen LogP contribution in [0.15, 0.2) is 30.5 Å². The van der Waals surface area contributed by atoms with E-state index in [1.165, 1.54) is 6.07 Å². The van der Waals surface area contributed by atoms with E-state index in [2.05, 4.69) is 0 Å². The highest BCUT2D eigenvalue weighted by molar-refractivity contribution is 6.08. The Morgan fingerprint density at radius 2 is 1.82 bits per heavy atom. The Kier molecular flexibility index (Phi) is 4.93. The molecule has 0 bridgehead atoms. The number of esters is 2. The van der Waals surface area contributed by atoms with Gasteiger partial charge in [0.1, 0.15) is 6.42 Å². The Hall–Kier alpha value is -2.63. The molecule has 6 nitrogen and oxygen atoms in total. The maximum Gasteiger partial charge on any atom is 0.340 e. The minimum absolute atomic E-state index is 0.217. The number of hydrogen-bond donors (Lipinski definition) is 0. The summed E-state index contributed by atoms with van der Waals surface area (Å²) in [5, 5.41) is 0. The van der Waals surface area contributed by atoms with Crippen molar-refractivity contribution in [1.82, 2.24) is 4.40 Å². The van der Waals surface area contributed by atoms with E-state index in [1.807, 2.05) is 0 Å². The van der Waals surface area contributed by atoms with Crippen LogP contribution < -0.4 is 0 Å². The van der Waals surface area contributed by atoms with E-state index in [1.54, 1.807) is 42.6 Å². The summed E-state index contributed by atoms with van der Waals surface area (Å²) in [4.78, 5) is 35.7. The molecule has 116 valence electrons. The van der Waals surface area contributed by atoms with Crippen LogP contribution in [0.3, 0.4) is 0 Å². The van der Waals surface area contributed by atoms with E-state index in [4.69, 9.17) is 9.47 Å². The lowest BCUT2D eigenvalue weighted by Crippen LogP contribution is -2.12. The first kappa shape index (κ1) is 15.8. The van der Waals surface area contributed by atoms with E-state index < -0.39 is 17.7 Å². The maximum atomic E-state index is 12.3. The van der Waals surface area contributed by atoms with Crippen molar-refractivity contribution in [2.24, 2.45) is 0 Å². The summed E-state index contributed by atoms with van der Waals surface area (Å²) in [6.07, 6.45) is 1.30. The number of carbonyl (C=O) groups excluding carboxylic acids is 3. The molecule has 0 fully saturated rings. The second-order valence-corrected chi connectivity index (χ2v) is 4.52. The van der Waals surface area contributed by atoms with E-state index in [0.717, 1.165) is 0 Å². The molecule has 0 radical (unpaired) electrons. The molecular weight excluding hydrogens is 286 g/mol. The first-order chi connectivity index (χ1) is 10.6. The number of carbonyl (C=O) groups is 3. The van der Waals surface area contributed by atoms with Gasteiger partial charge in [-0.2, -0.15) is 0 Å². The van der Waals surface area contributed by atoms with Crippen molar-refractivity contribution in [3.63, 3.8) is 0 Å². The Morgan fingerprint density at radius 3 is 2.50 bits per heavy atom. The Morgan fingerprint density at radius 1 is 1.09 bits per heavy atom. The van der Waals surface area contributed by atoms with Crippen LogP contribution in [0.25, 0.3) is 5.52 Å². The summed E-state index contributed by atoms with van der Waals surface area (Å²) < 4.78 is 11.3. The van der Waals surface area contributed by atoms with Crippen LogP contribution in [0.5, 0.6) is 0 Å². The number of nitrogens with zero attached hydrogens (tertiary/aromatic N) is 1. The Labute approximate surface area is 127 Å². The molecule has 0 aliphatic carbocycles. The van der Waals surface area contributed by atoms with Gasteiger partial charge in [0.2, 0.25) is 0 Å². The van der Waals surface area contributed by atoms with E-state index in [-0.39, 0.29) is 25.3 Å². The Balaban J connectivity index is 2.40. The van der Waals surface area contributed by atoms with Crippen LogP contribution in [-0.4, -0.2) is 35.3 Å². The molecule has 0 N–H and O–H groups in total. The first-order valence-corrected chi connectivity index (χ1v) is 7.04. The van der Waals surface area contributed by atoms with Crippen LogP contribution in [0.2, 0.25) is 0 Å². The van der Waals surface area contributed by atoms with Crippen LogP contribution in [0, 0.1) is 0 Å². The quantitative estimate of drug-likeness (QED) is 0.465. The van der Waals surface area contributed by atoms with Gasteiger partial charge >= 0.3 is 11.9 Å². The molecule has 0 atom stereocenters. The number of rotatable bonds is 6. The zero-order valence-electron chi connectivity index (χ0n) is 12.5. The van der Waals surface area contributed by atoms with Crippen LogP contribution >= 0.6 is 0 Å². The van der Waals surface area contributed by atoms with Crippen molar-refractivity contribution in [3.05, 3.63) is 41.7 Å². The smallest absolute Gasteiger partial charge is 0.340 e. The van der Waals surface area contributed by atoms with Crippen molar-refractivity contribution in [3.8, 4) is 0 Å². The second-order valence-electron chi connectivity index (χ2n) is 4.52. The molecule has 22 heavy (non-hydrogen) atoms. The SMILES string of the molecule is CCOC(=O)CC(=O)c1cc(C(=O)OCC)c2ccccn12. The lowest BCUT2D eigenvalue weighted by molar-refractivity contribution is -0.141. The van der Waals surface area contributed by atoms with Gasteiger partial charge in [-0.25, -0.2) is 4.79 Å². The van der Waals surface area contributed by atoms with Crippen molar-refractivity contribution >= 4 is 23.2 Å². The predicted molar refractivity (Wildman–Crippen MR) is 78.9 cm³/mol. The largest absolute Gasteiger partial charge is 0.466 e. The van der Waals surface area contributed by atoms with Gasteiger partial charge in [-0.1, -0.05) is 6.07 Å². The van der Waals surface area contributed by atoms with Gasteiger partial charge in [0, 0.05) is 6.20 Å². The summed E-state index contributed by atoms with van der Waals surface area (Å²) in [5.74, 6) is -1.49. The molecule has 2 aromatic rings. The van der Waals surface area contributed by atoms with E-state index in [0.29, 0.717) is 11.1 Å². The number of aromatic nitrogens is 1. The molecule has 0 saturated heterocycles. The van der Waals surface area contributed by atoms with Gasteiger partial charge in [0.15, 0.2) is 5.78 Å². The predicted octanol–water partition coefficient (Wildman–Crippen LogP) is 2.25. The number of ether oxygens (including phenoxy) is 2. The molecule has 6 heteroatoms. The van der Waals surface area contributed by atoms with Crippen molar-refractivity contribution < 1.29 is 23.9 Å². The molecule has 2 rings (SSSR count). The summed E-state index contributed by atoms with van der Waals surface area (Å²) >= 11 is 0. The lowest BCUT2D eigenvalue weighted by atomic mass is 10.2. The van der Waals surface area contributed by atoms with Crippen molar-refractivity contribution in [2.45, 2.75) is 20.3 Å². The number of pyridine rings is 1. The summed E-state index contributed by atoms with van der Waals surface area (Å²) in [6.45, 7) is 3.85. The van der Waals surface area contributed by atoms with Crippen LogP contribution in [-0.2, 0) is 14.3 Å². The third-order valence-electron chi connectivity index (χ3n) is 3.07. The fraction of sp³-hybridized carbons (Fsp3) is 0.312. The highest BCUT2D eigenvalue weighted by atomic mass is 16.5. The number of ketones is 1. The molecule has 2 heterocycles. The zero-order chi connectivity index (χ0) is 16.1. The highest BCUT2D eigenvalue weighted by Gasteiger charge is 2.21. The van der Waals surface area contributed by atoms with Gasteiger partial charge in [-0.3, -0.25) is 9.59 Å². The third-order valence-corrected chi connectivity index (χ3v) is 3.07. The monoisotopic (exact) mass is 303 g/mol. The fourth-order valence-corrected chi connectivity index (χ4v) is 2.17. The number of hydrogen-bond acceptors (Lipinski definition) is 5. The van der Waals surface area contributed by atoms with Gasteiger partial charge in [0.05, 0.1) is 30.0 Å². The minimum Gasteiger partial charge on any atom is -0.466 e. The van der Waals surface area contributed by atoms with Crippen LogP contribution in [0.1, 0.15) is 41.1 Å². The Bertz CT molecular complexity index is 716. The highest BCUT2D eigenvalue weighted by Crippen LogP contribution is 2.19. The number of Topliss-reactive ketones (excluding diaryl/α,β-unsaturated/α-hetero) is 1. The molecular formula is C16H17NO5. The first-order valence-electron chi connectivity index (χ1n) is 7.04. The minimum atomic E-state index is -0.587. The average molecular weight is 303 g/mol. The van der Waals surface area contributed by atoms with Crippen molar-refractivity contribution in [1.29, 1.82) is 0 Å². The molecule has 0 aliphatic heterocycles. The number of fused-ring (bicyclic) bond motifs is 1. The fourth-order valence-electron chi connectivity index (χ4n) is 2.17. The van der Waals surface area contributed by atoms with Gasteiger partial charge in [-0.15, -0.1) is 0 Å². The summed E-state index contributed by atoms with van der Waals surface area (Å²) in [6, 6.07) is 6.67. The molecule has 0 aliphatic rings. The van der Waals surface area contributed by atoms with Gasteiger partial charge in [0.25, 0.3) is 0 Å². The second kappa shape index (κ2) is 6.89. The molecule has 0 saturated carbocycles. The topological polar surface area (TPSA) is 74.1 Å². The van der Waals surface area contributed by atoms with Crippen LogP contribution in [0.4, 0.5) is 0 Å². The third kappa shape index (κ3) is 3.16. The normalized spacial score (nSPS) is 10.5. The molecule has 0 spiro atoms. The lowest BCUT2D eigenvalue weighted by Gasteiger charge is -2.02. The van der Waals surface area contributed by atoms with Crippen molar-refractivity contribution in [2.75, 3.05) is 13.2 Å². The molecule has 2 aromatic heterocycles. The molecule has 0 unspecified atom stereocenters. The molecule has 0 aromatic carbocycles. The van der Waals surface area contributed by atoms with Gasteiger partial charge < -0.3 is 13.9 Å². The summed E-state index contributed by atoms with van der Waals surface area (Å²) in [5.41, 5.74) is 1.12. The molecule has 0 amide bonds. The standard InChI is InChI=1S/C16H17NO5/c1-3-21-15(19)10-14(18)13-9-11(16(20)22-4-2)12-7-5-6-8-17(12)13/h5-9H,3-4,10H2,1-2H3.